The van der Waals surface area contributed by atoms with E-state index in [2.05, 4.69) is 0 Å². The first-order valence-electron chi connectivity index (χ1n) is 11.1. The third kappa shape index (κ3) is 4.25. The lowest BCUT2D eigenvalue weighted by Gasteiger charge is -2.31. The van der Waals surface area contributed by atoms with Crippen molar-refractivity contribution in [2.24, 2.45) is 5.92 Å². The smallest absolute Gasteiger partial charge is 0.336 e. The van der Waals surface area contributed by atoms with Crippen molar-refractivity contribution < 1.29 is 14.3 Å². The monoisotopic (exact) mass is 469 g/mol. The van der Waals surface area contributed by atoms with Crippen LogP contribution in [0.2, 0.25) is 0 Å². The van der Waals surface area contributed by atoms with E-state index in [4.69, 9.17) is 4.74 Å². The molecule has 8 nitrogen and oxygen atoms in total. The zero-order chi connectivity index (χ0) is 23.7. The Bertz CT molecular complexity index is 1330. The Morgan fingerprint density at radius 1 is 1.12 bits per heavy atom. The molecule has 1 aliphatic rings. The molecule has 1 aromatic carbocycles. The number of amides is 1. The molecule has 4 rings (SSSR count). The van der Waals surface area contributed by atoms with Crippen LogP contribution in [-0.4, -0.2) is 45.6 Å². The van der Waals surface area contributed by atoms with E-state index in [0.717, 1.165) is 11.1 Å². The van der Waals surface area contributed by atoms with Gasteiger partial charge in [0.2, 0.25) is 5.91 Å². The second-order valence-electron chi connectivity index (χ2n) is 8.27. The molecule has 0 aliphatic carbocycles. The van der Waals surface area contributed by atoms with Crippen LogP contribution in [0.25, 0.3) is 15.9 Å². The highest BCUT2D eigenvalue weighted by Gasteiger charge is 2.29. The standard InChI is InChI=1S/C24H27N3O5S/c1-4-32-23(30)17-8-11-25(12-9-17)20(28)14-26-19-10-13-33-21(19)22(29)27(24(26)31)18-7-5-6-15(2)16(18)3/h5-7,10,13,17H,4,8-9,11-12,14H2,1-3H3. The van der Waals surface area contributed by atoms with E-state index in [1.165, 1.54) is 20.5 Å². The molecule has 33 heavy (non-hydrogen) atoms. The third-order valence-corrected chi connectivity index (χ3v) is 7.22. The number of hydrogen-bond donors (Lipinski definition) is 0. The van der Waals surface area contributed by atoms with Crippen molar-refractivity contribution in [1.29, 1.82) is 0 Å². The van der Waals surface area contributed by atoms with E-state index >= 15 is 0 Å². The number of ether oxygens (including phenoxy) is 1. The second kappa shape index (κ2) is 9.35. The maximum atomic E-state index is 13.5. The SMILES string of the molecule is CCOC(=O)C1CCN(C(=O)Cn2c(=O)n(-c3cccc(C)c3C)c(=O)c3sccc32)CC1. The van der Waals surface area contributed by atoms with Gasteiger partial charge in [0.25, 0.3) is 5.56 Å². The van der Waals surface area contributed by atoms with Crippen molar-refractivity contribution in [1.82, 2.24) is 14.0 Å². The van der Waals surface area contributed by atoms with Gasteiger partial charge in [0.05, 0.1) is 23.7 Å². The molecule has 1 amide bonds. The van der Waals surface area contributed by atoms with Gasteiger partial charge in [0.1, 0.15) is 11.2 Å². The lowest BCUT2D eigenvalue weighted by molar-refractivity contribution is -0.151. The lowest BCUT2D eigenvalue weighted by Crippen LogP contribution is -2.45. The van der Waals surface area contributed by atoms with Gasteiger partial charge in [-0.25, -0.2) is 9.36 Å². The molecule has 174 valence electrons. The fourth-order valence-electron chi connectivity index (χ4n) is 4.29. The number of aryl methyl sites for hydroxylation is 1. The minimum absolute atomic E-state index is 0.165. The molecule has 3 heterocycles. The van der Waals surface area contributed by atoms with Gasteiger partial charge in [0.15, 0.2) is 0 Å². The number of carbonyl (C=O) groups is 2. The third-order valence-electron chi connectivity index (χ3n) is 6.33. The minimum Gasteiger partial charge on any atom is -0.466 e. The van der Waals surface area contributed by atoms with Gasteiger partial charge in [-0.3, -0.25) is 19.0 Å². The van der Waals surface area contributed by atoms with Crippen molar-refractivity contribution in [2.75, 3.05) is 19.7 Å². The van der Waals surface area contributed by atoms with Crippen LogP contribution in [0.3, 0.4) is 0 Å². The molecule has 0 unspecified atom stereocenters. The Balaban J connectivity index is 1.67. The van der Waals surface area contributed by atoms with E-state index in [1.807, 2.05) is 26.0 Å². The molecule has 9 heteroatoms. The first kappa shape index (κ1) is 23.0. The Kier molecular flexibility index (Phi) is 6.51. The highest BCUT2D eigenvalue weighted by atomic mass is 32.1. The van der Waals surface area contributed by atoms with E-state index in [9.17, 15) is 19.2 Å². The van der Waals surface area contributed by atoms with Crippen LogP contribution in [0.15, 0.2) is 39.2 Å². The largest absolute Gasteiger partial charge is 0.466 e. The molecule has 0 saturated carbocycles. The van der Waals surface area contributed by atoms with Crippen LogP contribution >= 0.6 is 11.3 Å². The van der Waals surface area contributed by atoms with Crippen molar-refractivity contribution in [2.45, 2.75) is 40.2 Å². The van der Waals surface area contributed by atoms with Gasteiger partial charge < -0.3 is 9.64 Å². The Hall–Kier alpha value is -3.20. The van der Waals surface area contributed by atoms with E-state index < -0.39 is 5.69 Å². The topological polar surface area (TPSA) is 90.6 Å². The average Bonchev–Trinajstić information content (AvgIpc) is 3.30. The van der Waals surface area contributed by atoms with Gasteiger partial charge in [-0.15, -0.1) is 11.3 Å². The summed E-state index contributed by atoms with van der Waals surface area (Å²) in [5.41, 5.74) is 1.89. The molecular weight excluding hydrogens is 442 g/mol. The molecule has 2 aromatic heterocycles. The van der Waals surface area contributed by atoms with Crippen molar-refractivity contribution in [3.05, 3.63) is 61.6 Å². The lowest BCUT2D eigenvalue weighted by atomic mass is 9.97. The van der Waals surface area contributed by atoms with Gasteiger partial charge in [0, 0.05) is 13.1 Å². The number of nitrogens with zero attached hydrogens (tertiary/aromatic N) is 3. The van der Waals surface area contributed by atoms with Crippen LogP contribution in [0.1, 0.15) is 30.9 Å². The molecule has 0 radical (unpaired) electrons. The van der Waals surface area contributed by atoms with Crippen molar-refractivity contribution >= 4 is 33.4 Å². The quantitative estimate of drug-likeness (QED) is 0.536. The zero-order valence-electron chi connectivity index (χ0n) is 19.0. The minimum atomic E-state index is -0.533. The zero-order valence-corrected chi connectivity index (χ0v) is 19.8. The summed E-state index contributed by atoms with van der Waals surface area (Å²) in [5, 5.41) is 1.75. The first-order valence-corrected chi connectivity index (χ1v) is 12.0. The molecule has 1 fully saturated rings. The molecule has 0 atom stereocenters. The summed E-state index contributed by atoms with van der Waals surface area (Å²) >= 11 is 1.26. The van der Waals surface area contributed by atoms with E-state index in [1.54, 1.807) is 29.3 Å². The Labute approximate surface area is 195 Å². The van der Waals surface area contributed by atoms with Gasteiger partial charge in [-0.05, 0) is 62.3 Å². The maximum absolute atomic E-state index is 13.5. The van der Waals surface area contributed by atoms with Gasteiger partial charge >= 0.3 is 11.7 Å². The summed E-state index contributed by atoms with van der Waals surface area (Å²) in [5.74, 6) is -0.633. The van der Waals surface area contributed by atoms with Gasteiger partial charge in [-0.2, -0.15) is 0 Å². The molecule has 1 aliphatic heterocycles. The summed E-state index contributed by atoms with van der Waals surface area (Å²) in [6, 6.07) is 7.19. The van der Waals surface area contributed by atoms with Crippen molar-refractivity contribution in [3.63, 3.8) is 0 Å². The fourth-order valence-corrected chi connectivity index (χ4v) is 5.11. The normalized spacial score (nSPS) is 14.6. The Morgan fingerprint density at radius 2 is 1.85 bits per heavy atom. The molecular formula is C24H27N3O5S. The number of piperidine rings is 1. The summed E-state index contributed by atoms with van der Waals surface area (Å²) < 4.78 is 8.08. The summed E-state index contributed by atoms with van der Waals surface area (Å²) in [6.45, 7) is 6.61. The first-order chi connectivity index (χ1) is 15.8. The van der Waals surface area contributed by atoms with E-state index in [-0.39, 0.29) is 29.9 Å². The number of esters is 1. The van der Waals surface area contributed by atoms with Crippen LogP contribution in [0.4, 0.5) is 0 Å². The maximum Gasteiger partial charge on any atom is 0.336 e. The van der Waals surface area contributed by atoms with Crippen LogP contribution in [0.5, 0.6) is 0 Å². The summed E-state index contributed by atoms with van der Waals surface area (Å²) in [6.07, 6.45) is 1.07. The fraction of sp³-hybridized carbons (Fsp3) is 0.417. The Morgan fingerprint density at radius 3 is 2.55 bits per heavy atom. The highest BCUT2D eigenvalue weighted by molar-refractivity contribution is 7.17. The van der Waals surface area contributed by atoms with Gasteiger partial charge in [-0.1, -0.05) is 12.1 Å². The number of rotatable bonds is 5. The highest BCUT2D eigenvalue weighted by Crippen LogP contribution is 2.21. The number of thiophene rings is 1. The predicted octanol–water partition coefficient (Wildman–Crippen LogP) is 2.63. The number of benzene rings is 1. The number of likely N-dealkylation sites (tertiary alicyclic amines) is 1. The molecule has 3 aromatic rings. The average molecular weight is 470 g/mol. The second-order valence-corrected chi connectivity index (χ2v) is 9.19. The van der Waals surface area contributed by atoms with Crippen LogP contribution < -0.4 is 11.2 Å². The molecule has 0 bridgehead atoms. The summed E-state index contributed by atoms with van der Waals surface area (Å²) in [7, 11) is 0. The van der Waals surface area contributed by atoms with E-state index in [0.29, 0.717) is 48.4 Å². The molecule has 1 saturated heterocycles. The summed E-state index contributed by atoms with van der Waals surface area (Å²) in [4.78, 5) is 53.4. The van der Waals surface area contributed by atoms with Crippen LogP contribution in [0, 0.1) is 19.8 Å². The molecule has 0 spiro atoms. The molecule has 0 N–H and O–H groups in total. The number of carbonyl (C=O) groups excluding carboxylic acids is 2. The predicted molar refractivity (Wildman–Crippen MR) is 127 cm³/mol. The number of aromatic nitrogens is 2. The number of hydrogen-bond acceptors (Lipinski definition) is 6. The van der Waals surface area contributed by atoms with Crippen LogP contribution in [-0.2, 0) is 20.9 Å². The number of fused-ring (bicyclic) bond motifs is 1. The van der Waals surface area contributed by atoms with Crippen molar-refractivity contribution in [3.8, 4) is 5.69 Å².